The van der Waals surface area contributed by atoms with E-state index in [2.05, 4.69) is 14.9 Å². The molecule has 0 unspecified atom stereocenters. The summed E-state index contributed by atoms with van der Waals surface area (Å²) in [5.74, 6) is 0.756. The van der Waals surface area contributed by atoms with E-state index in [1.165, 1.54) is 7.11 Å². The van der Waals surface area contributed by atoms with E-state index < -0.39 is 0 Å². The maximum Gasteiger partial charge on any atom is 0.337 e. The lowest BCUT2D eigenvalue weighted by Gasteiger charge is -1.99. The third-order valence-electron chi connectivity index (χ3n) is 2.34. The van der Waals surface area contributed by atoms with Crippen molar-refractivity contribution in [3.05, 3.63) is 35.7 Å². The molecule has 0 spiro atoms. The molecule has 88 valence electrons. The van der Waals surface area contributed by atoms with Crippen LogP contribution < -0.4 is 0 Å². The van der Waals surface area contributed by atoms with Gasteiger partial charge in [-0.25, -0.2) is 4.79 Å². The van der Waals surface area contributed by atoms with Gasteiger partial charge in [0.05, 0.1) is 12.7 Å². The van der Waals surface area contributed by atoms with Crippen LogP contribution in [0.3, 0.4) is 0 Å². The summed E-state index contributed by atoms with van der Waals surface area (Å²) in [5, 5.41) is 3.81. The van der Waals surface area contributed by atoms with Gasteiger partial charge in [-0.15, -0.1) is 0 Å². The molecule has 1 aromatic heterocycles. The van der Waals surface area contributed by atoms with Gasteiger partial charge in [-0.1, -0.05) is 12.1 Å². The highest BCUT2D eigenvalue weighted by Gasteiger charge is 2.09. The van der Waals surface area contributed by atoms with Crippen molar-refractivity contribution >= 4 is 5.97 Å². The molecule has 0 saturated carbocycles. The quantitative estimate of drug-likeness (QED) is 0.758. The molecule has 5 nitrogen and oxygen atoms in total. The van der Waals surface area contributed by atoms with Crippen LogP contribution in [0.5, 0.6) is 0 Å². The van der Waals surface area contributed by atoms with Gasteiger partial charge in [-0.05, 0) is 24.3 Å². The number of hydrogen-bond acceptors (Lipinski definition) is 5. The number of hydrogen-bond donors (Lipinski definition) is 0. The van der Waals surface area contributed by atoms with Crippen LogP contribution in [0, 0.1) is 0 Å². The van der Waals surface area contributed by atoms with Crippen LogP contribution in [0.2, 0.25) is 0 Å². The van der Waals surface area contributed by atoms with Crippen LogP contribution >= 0.6 is 0 Å². The molecule has 1 aromatic carbocycles. The zero-order valence-corrected chi connectivity index (χ0v) is 9.64. The summed E-state index contributed by atoms with van der Waals surface area (Å²) >= 11 is 0. The number of methoxy groups -OCH3 is 1. The third-order valence-corrected chi connectivity index (χ3v) is 2.34. The number of aromatic nitrogens is 2. The molecule has 0 amide bonds. The number of esters is 1. The van der Waals surface area contributed by atoms with Crippen molar-refractivity contribution in [2.24, 2.45) is 0 Å². The smallest absolute Gasteiger partial charge is 0.337 e. The molecule has 17 heavy (non-hydrogen) atoms. The molecule has 5 heteroatoms. The maximum absolute atomic E-state index is 11.2. The predicted molar refractivity (Wildman–Crippen MR) is 60.5 cm³/mol. The van der Waals surface area contributed by atoms with Crippen LogP contribution in [0.25, 0.3) is 11.5 Å². The van der Waals surface area contributed by atoms with E-state index in [1.807, 2.05) is 6.92 Å². The van der Waals surface area contributed by atoms with Crippen molar-refractivity contribution in [1.29, 1.82) is 0 Å². The van der Waals surface area contributed by atoms with E-state index in [1.54, 1.807) is 24.3 Å². The first-order valence-corrected chi connectivity index (χ1v) is 5.26. The van der Waals surface area contributed by atoms with Crippen molar-refractivity contribution in [2.45, 2.75) is 13.3 Å². The Hall–Kier alpha value is -2.17. The molecule has 0 radical (unpaired) electrons. The minimum absolute atomic E-state index is 0.365. The van der Waals surface area contributed by atoms with Crippen molar-refractivity contribution < 1.29 is 14.1 Å². The summed E-state index contributed by atoms with van der Waals surface area (Å²) in [5.41, 5.74) is 1.27. The van der Waals surface area contributed by atoms with Crippen molar-refractivity contribution in [3.8, 4) is 11.5 Å². The normalized spacial score (nSPS) is 10.2. The lowest BCUT2D eigenvalue weighted by Crippen LogP contribution is -2.00. The number of benzene rings is 1. The number of carbonyl (C=O) groups excluding carboxylic acids is 1. The molecular formula is C12H12N2O3. The zero-order chi connectivity index (χ0) is 12.3. The van der Waals surface area contributed by atoms with Crippen LogP contribution in [0.4, 0.5) is 0 Å². The van der Waals surface area contributed by atoms with Crippen molar-refractivity contribution in [3.63, 3.8) is 0 Å². The first kappa shape index (κ1) is 11.3. The Bertz CT molecular complexity index is 517. The minimum atomic E-state index is -0.365. The fourth-order valence-corrected chi connectivity index (χ4v) is 1.38. The van der Waals surface area contributed by atoms with E-state index >= 15 is 0 Å². The SMILES string of the molecule is CCc1noc(-c2ccc(C(=O)OC)cc2)n1. The predicted octanol–water partition coefficient (Wildman–Crippen LogP) is 2.09. The Morgan fingerprint density at radius 1 is 1.35 bits per heavy atom. The Balaban J connectivity index is 2.25. The average molecular weight is 232 g/mol. The summed E-state index contributed by atoms with van der Waals surface area (Å²) in [6.07, 6.45) is 0.726. The first-order chi connectivity index (χ1) is 8.24. The van der Waals surface area contributed by atoms with Gasteiger partial charge in [0.25, 0.3) is 5.89 Å². The lowest BCUT2D eigenvalue weighted by molar-refractivity contribution is 0.0601. The molecule has 2 rings (SSSR count). The monoisotopic (exact) mass is 232 g/mol. The van der Waals surface area contributed by atoms with Gasteiger partial charge in [0.1, 0.15) is 0 Å². The Morgan fingerprint density at radius 2 is 2.06 bits per heavy atom. The van der Waals surface area contributed by atoms with Crippen LogP contribution in [-0.4, -0.2) is 23.2 Å². The average Bonchev–Trinajstić information content (AvgIpc) is 2.87. The largest absolute Gasteiger partial charge is 0.465 e. The number of rotatable bonds is 3. The number of nitrogens with zero attached hydrogens (tertiary/aromatic N) is 2. The molecule has 0 aliphatic carbocycles. The van der Waals surface area contributed by atoms with Gasteiger partial charge in [-0.2, -0.15) is 4.98 Å². The second-order valence-electron chi connectivity index (χ2n) is 3.44. The van der Waals surface area contributed by atoms with Crippen LogP contribution in [0.1, 0.15) is 23.1 Å². The van der Waals surface area contributed by atoms with Crippen LogP contribution in [0.15, 0.2) is 28.8 Å². The molecule has 0 fully saturated rings. The summed E-state index contributed by atoms with van der Waals surface area (Å²) < 4.78 is 9.70. The molecule has 0 aliphatic rings. The zero-order valence-electron chi connectivity index (χ0n) is 9.64. The second-order valence-corrected chi connectivity index (χ2v) is 3.44. The summed E-state index contributed by atoms with van der Waals surface area (Å²) in [6, 6.07) is 6.83. The number of carbonyl (C=O) groups is 1. The van der Waals surface area contributed by atoms with Gasteiger partial charge in [0, 0.05) is 12.0 Å². The number of aryl methyl sites for hydroxylation is 1. The highest BCUT2D eigenvalue weighted by molar-refractivity contribution is 5.89. The van der Waals surface area contributed by atoms with E-state index in [0.29, 0.717) is 17.3 Å². The molecule has 0 saturated heterocycles. The van der Waals surface area contributed by atoms with Crippen LogP contribution in [-0.2, 0) is 11.2 Å². The van der Waals surface area contributed by atoms with E-state index in [9.17, 15) is 4.79 Å². The van der Waals surface area contributed by atoms with Gasteiger partial charge in [-0.3, -0.25) is 0 Å². The van der Waals surface area contributed by atoms with E-state index in [0.717, 1.165) is 12.0 Å². The minimum Gasteiger partial charge on any atom is -0.465 e. The lowest BCUT2D eigenvalue weighted by atomic mass is 10.1. The topological polar surface area (TPSA) is 65.2 Å². The maximum atomic E-state index is 11.2. The van der Waals surface area contributed by atoms with Crippen molar-refractivity contribution in [2.75, 3.05) is 7.11 Å². The Kier molecular flexibility index (Phi) is 3.18. The molecule has 0 N–H and O–H groups in total. The number of ether oxygens (including phenoxy) is 1. The van der Waals surface area contributed by atoms with Gasteiger partial charge in [0.15, 0.2) is 5.82 Å². The van der Waals surface area contributed by atoms with E-state index in [-0.39, 0.29) is 5.97 Å². The molecule has 0 bridgehead atoms. The Morgan fingerprint density at radius 3 is 2.59 bits per heavy atom. The first-order valence-electron chi connectivity index (χ1n) is 5.26. The van der Waals surface area contributed by atoms with Gasteiger partial charge < -0.3 is 9.26 Å². The van der Waals surface area contributed by atoms with Gasteiger partial charge in [0.2, 0.25) is 0 Å². The fourth-order valence-electron chi connectivity index (χ4n) is 1.38. The fraction of sp³-hybridized carbons (Fsp3) is 0.250. The molecule has 2 aromatic rings. The molecule has 0 atom stereocenters. The summed E-state index contributed by atoms with van der Waals surface area (Å²) in [7, 11) is 1.35. The highest BCUT2D eigenvalue weighted by Crippen LogP contribution is 2.18. The van der Waals surface area contributed by atoms with Gasteiger partial charge >= 0.3 is 5.97 Å². The standard InChI is InChI=1S/C12H12N2O3/c1-3-10-13-11(17-14-10)8-4-6-9(7-5-8)12(15)16-2/h4-7H,3H2,1-2H3. The molecule has 0 aliphatic heterocycles. The summed E-state index contributed by atoms with van der Waals surface area (Å²) in [4.78, 5) is 15.4. The van der Waals surface area contributed by atoms with E-state index in [4.69, 9.17) is 4.52 Å². The molecular weight excluding hydrogens is 220 g/mol. The second kappa shape index (κ2) is 4.78. The van der Waals surface area contributed by atoms with Crippen molar-refractivity contribution in [1.82, 2.24) is 10.1 Å². The Labute approximate surface area is 98.4 Å². The third kappa shape index (κ3) is 2.33. The summed E-state index contributed by atoms with van der Waals surface area (Å²) in [6.45, 7) is 1.95. The highest BCUT2D eigenvalue weighted by atomic mass is 16.5. The molecule has 1 heterocycles.